The molecule has 1 fully saturated rings. The van der Waals surface area contributed by atoms with Crippen LogP contribution in [0, 0.1) is 0 Å². The van der Waals surface area contributed by atoms with Crippen molar-refractivity contribution in [2.75, 3.05) is 18.0 Å². The Bertz CT molecular complexity index is 505. The highest BCUT2D eigenvalue weighted by molar-refractivity contribution is 6.33. The molecule has 2 rings (SSSR count). The number of nitrogens with zero attached hydrogens (tertiary/aromatic N) is 2. The number of carbonyl (C=O) groups excluding carboxylic acids is 1. The summed E-state index contributed by atoms with van der Waals surface area (Å²) >= 11 is 6.20. The number of anilines is 1. The van der Waals surface area contributed by atoms with Gasteiger partial charge in [0.2, 0.25) is 0 Å². The fourth-order valence-electron chi connectivity index (χ4n) is 2.20. The summed E-state index contributed by atoms with van der Waals surface area (Å²) in [6, 6.07) is 5.09. The van der Waals surface area contributed by atoms with E-state index in [9.17, 15) is 4.79 Å². The van der Waals surface area contributed by atoms with Crippen molar-refractivity contribution in [3.05, 3.63) is 28.8 Å². The zero-order valence-corrected chi connectivity index (χ0v) is 11.4. The molecule has 0 unspecified atom stereocenters. The first-order valence-electron chi connectivity index (χ1n) is 6.26. The maximum Gasteiger partial charge on any atom is 0.280 e. The Hall–Kier alpha value is -1.75. The van der Waals surface area contributed by atoms with E-state index < -0.39 is 5.91 Å². The van der Waals surface area contributed by atoms with Gasteiger partial charge in [-0.1, -0.05) is 11.6 Å². The molecule has 1 amide bonds. The van der Waals surface area contributed by atoms with Gasteiger partial charge in [0, 0.05) is 18.7 Å². The maximum absolute atomic E-state index is 11.8. The number of amides is 1. The smallest absolute Gasteiger partial charge is 0.280 e. The topological polar surface area (TPSA) is 84.7 Å². The lowest BCUT2D eigenvalue weighted by atomic mass is 10.1. The third kappa shape index (κ3) is 3.38. The van der Waals surface area contributed by atoms with Crippen molar-refractivity contribution in [2.24, 2.45) is 16.5 Å². The van der Waals surface area contributed by atoms with Crippen molar-refractivity contribution in [1.82, 2.24) is 0 Å². The standard InChI is InChI=1S/C13H17ClN4O/c14-10-5-4-9(12(19)17-13(15)16)8-11(10)18-6-2-1-3-7-18/h4-5,8H,1-3,6-7H2,(H4,15,16,17,19). The van der Waals surface area contributed by atoms with Crippen LogP contribution in [0.3, 0.4) is 0 Å². The van der Waals surface area contributed by atoms with Gasteiger partial charge in [0.15, 0.2) is 5.96 Å². The Kier molecular flexibility index (Phi) is 4.27. The summed E-state index contributed by atoms with van der Waals surface area (Å²) in [7, 11) is 0. The second-order valence-corrected chi connectivity index (χ2v) is 4.96. The van der Waals surface area contributed by atoms with E-state index in [1.807, 2.05) is 0 Å². The highest BCUT2D eigenvalue weighted by Crippen LogP contribution is 2.29. The van der Waals surface area contributed by atoms with Crippen LogP contribution < -0.4 is 16.4 Å². The van der Waals surface area contributed by atoms with Gasteiger partial charge in [0.05, 0.1) is 10.7 Å². The Morgan fingerprint density at radius 3 is 2.53 bits per heavy atom. The summed E-state index contributed by atoms with van der Waals surface area (Å²) in [5.74, 6) is -0.686. The van der Waals surface area contributed by atoms with Gasteiger partial charge in [0.1, 0.15) is 0 Å². The SMILES string of the molecule is NC(N)=NC(=O)c1ccc(Cl)c(N2CCCCC2)c1. The van der Waals surface area contributed by atoms with Crippen molar-refractivity contribution in [2.45, 2.75) is 19.3 Å². The van der Waals surface area contributed by atoms with Crippen LogP contribution in [0.1, 0.15) is 29.6 Å². The molecule has 0 atom stereocenters. The Morgan fingerprint density at radius 2 is 1.89 bits per heavy atom. The van der Waals surface area contributed by atoms with Gasteiger partial charge < -0.3 is 16.4 Å². The van der Waals surface area contributed by atoms with Crippen molar-refractivity contribution >= 4 is 29.2 Å². The monoisotopic (exact) mass is 280 g/mol. The minimum absolute atomic E-state index is 0.237. The van der Waals surface area contributed by atoms with Crippen LogP contribution in [0.2, 0.25) is 5.02 Å². The lowest BCUT2D eigenvalue weighted by Gasteiger charge is -2.29. The summed E-state index contributed by atoms with van der Waals surface area (Å²) < 4.78 is 0. The molecule has 0 aromatic heterocycles. The van der Waals surface area contributed by atoms with E-state index in [0.29, 0.717) is 10.6 Å². The van der Waals surface area contributed by atoms with Gasteiger partial charge >= 0.3 is 0 Å². The minimum atomic E-state index is -0.449. The number of nitrogens with two attached hydrogens (primary N) is 2. The number of hydrogen-bond acceptors (Lipinski definition) is 2. The zero-order valence-electron chi connectivity index (χ0n) is 10.6. The van der Waals surface area contributed by atoms with Gasteiger partial charge in [0.25, 0.3) is 5.91 Å². The molecule has 0 aliphatic carbocycles. The quantitative estimate of drug-likeness (QED) is 0.638. The van der Waals surface area contributed by atoms with Crippen molar-refractivity contribution < 1.29 is 4.79 Å². The van der Waals surface area contributed by atoms with Gasteiger partial charge in [-0.15, -0.1) is 0 Å². The second kappa shape index (κ2) is 5.93. The first-order valence-corrected chi connectivity index (χ1v) is 6.64. The predicted octanol–water partition coefficient (Wildman–Crippen LogP) is 1.74. The van der Waals surface area contributed by atoms with Crippen LogP contribution in [0.25, 0.3) is 0 Å². The molecule has 6 heteroatoms. The first kappa shape index (κ1) is 13.7. The number of rotatable bonds is 2. The number of guanidine groups is 1. The molecule has 1 aliphatic rings. The van der Waals surface area contributed by atoms with Gasteiger partial charge in [-0.2, -0.15) is 4.99 Å². The molecule has 1 saturated heterocycles. The number of benzene rings is 1. The molecule has 4 N–H and O–H groups in total. The normalized spacial score (nSPS) is 15.1. The average molecular weight is 281 g/mol. The van der Waals surface area contributed by atoms with E-state index in [2.05, 4.69) is 9.89 Å². The molecule has 1 aromatic rings. The summed E-state index contributed by atoms with van der Waals surface area (Å²) in [4.78, 5) is 17.5. The summed E-state index contributed by atoms with van der Waals surface area (Å²) in [6.07, 6.45) is 3.52. The Morgan fingerprint density at radius 1 is 1.21 bits per heavy atom. The van der Waals surface area contributed by atoms with E-state index in [1.165, 1.54) is 6.42 Å². The van der Waals surface area contributed by atoms with E-state index in [1.54, 1.807) is 18.2 Å². The largest absolute Gasteiger partial charge is 0.370 e. The van der Waals surface area contributed by atoms with Crippen LogP contribution in [0.4, 0.5) is 5.69 Å². The Labute approximate surface area is 117 Å². The summed E-state index contributed by atoms with van der Waals surface area (Å²) in [5, 5.41) is 0.642. The van der Waals surface area contributed by atoms with E-state index in [4.69, 9.17) is 23.1 Å². The number of carbonyl (C=O) groups is 1. The second-order valence-electron chi connectivity index (χ2n) is 4.56. The third-order valence-corrected chi connectivity index (χ3v) is 3.44. The van der Waals surface area contributed by atoms with Gasteiger partial charge in [-0.05, 0) is 37.5 Å². The molecule has 0 radical (unpaired) electrons. The highest BCUT2D eigenvalue weighted by Gasteiger charge is 2.16. The highest BCUT2D eigenvalue weighted by atomic mass is 35.5. The van der Waals surface area contributed by atoms with Crippen LogP contribution >= 0.6 is 11.6 Å². The van der Waals surface area contributed by atoms with Crippen LogP contribution in [-0.4, -0.2) is 25.0 Å². The number of halogens is 1. The van der Waals surface area contributed by atoms with E-state index >= 15 is 0 Å². The molecule has 0 bridgehead atoms. The lowest BCUT2D eigenvalue weighted by Crippen LogP contribution is -2.29. The zero-order chi connectivity index (χ0) is 13.8. The van der Waals surface area contributed by atoms with Crippen LogP contribution in [-0.2, 0) is 0 Å². The summed E-state index contributed by atoms with van der Waals surface area (Å²) in [6.45, 7) is 1.92. The minimum Gasteiger partial charge on any atom is -0.370 e. The van der Waals surface area contributed by atoms with Crippen molar-refractivity contribution in [3.63, 3.8) is 0 Å². The Balaban J connectivity index is 2.28. The number of hydrogen-bond donors (Lipinski definition) is 2. The van der Waals surface area contributed by atoms with Crippen LogP contribution in [0.15, 0.2) is 23.2 Å². The maximum atomic E-state index is 11.8. The van der Waals surface area contributed by atoms with E-state index in [0.717, 1.165) is 31.6 Å². The lowest BCUT2D eigenvalue weighted by molar-refractivity contribution is 0.100. The van der Waals surface area contributed by atoms with Gasteiger partial charge in [-0.25, -0.2) is 0 Å². The number of piperidine rings is 1. The predicted molar refractivity (Wildman–Crippen MR) is 77.7 cm³/mol. The summed E-state index contributed by atoms with van der Waals surface area (Å²) in [5.41, 5.74) is 11.7. The number of aliphatic imine (C=N–C) groups is 1. The molecular formula is C13H17ClN4O. The molecule has 1 aliphatic heterocycles. The molecule has 0 saturated carbocycles. The molecular weight excluding hydrogens is 264 g/mol. The molecule has 5 nitrogen and oxygen atoms in total. The fraction of sp³-hybridized carbons (Fsp3) is 0.385. The molecule has 102 valence electrons. The van der Waals surface area contributed by atoms with Crippen molar-refractivity contribution in [3.8, 4) is 0 Å². The third-order valence-electron chi connectivity index (χ3n) is 3.12. The molecule has 19 heavy (non-hydrogen) atoms. The molecule has 1 heterocycles. The fourth-order valence-corrected chi connectivity index (χ4v) is 2.44. The first-order chi connectivity index (χ1) is 9.08. The van der Waals surface area contributed by atoms with Crippen LogP contribution in [0.5, 0.6) is 0 Å². The molecule has 1 aromatic carbocycles. The average Bonchev–Trinajstić information content (AvgIpc) is 2.39. The molecule has 0 spiro atoms. The van der Waals surface area contributed by atoms with E-state index in [-0.39, 0.29) is 5.96 Å². The van der Waals surface area contributed by atoms with Crippen molar-refractivity contribution in [1.29, 1.82) is 0 Å². The van der Waals surface area contributed by atoms with Gasteiger partial charge in [-0.3, -0.25) is 4.79 Å².